The average Bonchev–Trinajstić information content (AvgIpc) is 2.61. The summed E-state index contributed by atoms with van der Waals surface area (Å²) >= 11 is 0. The van der Waals surface area contributed by atoms with Gasteiger partial charge in [-0.25, -0.2) is 3.63 Å². The minimum absolute atomic E-state index is 0.734. The predicted molar refractivity (Wildman–Crippen MR) is 346 cm³/mol. The van der Waals surface area contributed by atoms with Crippen LogP contribution in [0.3, 0.4) is 0 Å². The molecule has 0 aliphatic heterocycles. The Hall–Kier alpha value is -8.26. The highest BCUT2D eigenvalue weighted by atomic mass is 32.3. The molecule has 0 bridgehead atoms. The molecule has 84 heavy (non-hydrogen) atoms. The van der Waals surface area contributed by atoms with E-state index in [1.807, 2.05) is 364 Å². The Bertz CT molecular complexity index is 3270. The molecule has 0 atom stereocenters. The molecule has 12 rings (SSSR count). The van der Waals surface area contributed by atoms with Gasteiger partial charge in [-0.1, -0.05) is 218 Å². The number of hydrogen-bond acceptors (Lipinski definition) is 3. The second kappa shape index (κ2) is 28.8. The quantitative estimate of drug-likeness (QED) is 0.109. The maximum Gasteiger partial charge on any atom is 0.274 e. The van der Waals surface area contributed by atoms with E-state index in [9.17, 15) is 8.42 Å². The Morgan fingerprint density at radius 2 is 0.310 bits per heavy atom. The molecule has 0 radical (unpaired) electrons. The summed E-state index contributed by atoms with van der Waals surface area (Å²) in [5.41, 5.74) is 0. The van der Waals surface area contributed by atoms with Gasteiger partial charge in [-0.2, -0.15) is 20.1 Å². The normalized spacial score (nSPS) is 12.2. The number of benzene rings is 12. The zero-order chi connectivity index (χ0) is 58.6. The van der Waals surface area contributed by atoms with Crippen molar-refractivity contribution in [1.82, 2.24) is 0 Å². The zero-order valence-corrected chi connectivity index (χ0v) is 50.1. The average molecular weight is 1210 g/mol. The Kier molecular flexibility index (Phi) is 20.7. The summed E-state index contributed by atoms with van der Waals surface area (Å²) in [6.07, 6.45) is 1.10. The van der Waals surface area contributed by atoms with Gasteiger partial charge in [0.25, 0.3) is 10.1 Å². The minimum atomic E-state index is -3.69. The first-order valence-corrected chi connectivity index (χ1v) is 34.9. The second-order valence-corrected chi connectivity index (χ2v) is 30.6. The van der Waals surface area contributed by atoms with E-state index in [4.69, 9.17) is 3.63 Å². The van der Waals surface area contributed by atoms with Gasteiger partial charge in [-0.15, -0.1) is 0 Å². The Morgan fingerprint density at radius 3 is 0.417 bits per heavy atom. The van der Waals surface area contributed by atoms with E-state index in [2.05, 4.69) is 0 Å². The topological polar surface area (TPSA) is 43.4 Å². The molecule has 12 aromatic carbocycles. The van der Waals surface area contributed by atoms with E-state index in [1.54, 1.807) is 0 Å². The summed E-state index contributed by atoms with van der Waals surface area (Å²) in [6, 6.07) is 114. The third-order valence-electron chi connectivity index (χ3n) is 13.1. The fraction of sp³-hybridized carbons (Fsp3) is 0.0137. The fourth-order valence-electron chi connectivity index (χ4n) is 9.24. The zero-order valence-electron chi connectivity index (χ0n) is 46.0. The van der Waals surface area contributed by atoms with Gasteiger partial charge in [-0.05, 0) is 187 Å². The van der Waals surface area contributed by atoms with Crippen LogP contribution in [-0.4, -0.2) is 14.7 Å². The van der Waals surface area contributed by atoms with E-state index in [0.717, 1.165) is 65.0 Å². The summed E-state index contributed by atoms with van der Waals surface area (Å²) in [5, 5.41) is 0. The van der Waals surface area contributed by atoms with E-state index >= 15 is 11.7 Å². The first-order valence-electron chi connectivity index (χ1n) is 26.9. The van der Waals surface area contributed by atoms with Crippen molar-refractivity contribution in [1.29, 1.82) is 0 Å². The fourth-order valence-corrected chi connectivity index (χ4v) is 21.3. The lowest BCUT2D eigenvalue weighted by Gasteiger charge is -2.38. The lowest BCUT2D eigenvalue weighted by Crippen LogP contribution is -2.12. The van der Waals surface area contributed by atoms with Gasteiger partial charge in [-0.3, -0.25) is 0 Å². The molecule has 0 aliphatic carbocycles. The first kappa shape index (κ1) is 60.3. The number of halogens is 3. The Labute approximate surface area is 500 Å². The number of hydrogen-bond donors (Lipinski definition) is 0. The second-order valence-electron chi connectivity index (χ2n) is 18.7. The monoisotopic (exact) mass is 1200 g/mol. The molecule has 0 amide bonds. The largest absolute Gasteiger partial charge is 0.274 e. The summed E-state index contributed by atoms with van der Waals surface area (Å²) in [4.78, 5) is 9.13. The van der Waals surface area contributed by atoms with E-state index < -0.39 is 51.7 Å². The SMILES string of the molecule is CS(=O)(=O)OS(c1ccccc1)(c1ccccc1)c1ccccc1.FS(c1ccccc1)(c1ccccc1)c1ccccc1.FS(c1ccccc1)(c1ccccc1)c1ccccc1.FS(c1ccccc1)(c1ccccc1)c1ccccc1. The number of rotatable bonds is 14. The van der Waals surface area contributed by atoms with E-state index in [-0.39, 0.29) is 0 Å². The highest BCUT2D eigenvalue weighted by molar-refractivity contribution is 8.33. The van der Waals surface area contributed by atoms with E-state index in [1.165, 1.54) is 0 Å². The summed E-state index contributed by atoms with van der Waals surface area (Å²) < 4.78 is 78.4. The molecule has 0 saturated carbocycles. The van der Waals surface area contributed by atoms with Gasteiger partial charge in [0, 0.05) is 58.7 Å². The van der Waals surface area contributed by atoms with Gasteiger partial charge < -0.3 is 0 Å². The molecule has 0 fully saturated rings. The highest BCUT2D eigenvalue weighted by Gasteiger charge is 2.37. The van der Waals surface area contributed by atoms with Gasteiger partial charge in [0.2, 0.25) is 0 Å². The van der Waals surface area contributed by atoms with Crippen molar-refractivity contribution in [3.63, 3.8) is 0 Å². The molecule has 0 aromatic heterocycles. The summed E-state index contributed by atoms with van der Waals surface area (Å²) in [5.74, 6) is 0. The maximum absolute atomic E-state index is 16.1. The molecule has 0 spiro atoms. The van der Waals surface area contributed by atoms with Crippen molar-refractivity contribution in [3.05, 3.63) is 364 Å². The molecular weight excluding hydrogens is 1140 g/mol. The van der Waals surface area contributed by atoms with Crippen molar-refractivity contribution in [3.8, 4) is 0 Å². The van der Waals surface area contributed by atoms with Gasteiger partial charge in [0.05, 0.1) is 6.26 Å². The van der Waals surface area contributed by atoms with Crippen LogP contribution in [0.1, 0.15) is 0 Å². The van der Waals surface area contributed by atoms with Crippen molar-refractivity contribution in [2.75, 3.05) is 6.26 Å². The van der Waals surface area contributed by atoms with Gasteiger partial charge in [0.1, 0.15) is 0 Å². The molecule has 12 aromatic rings. The molecule has 0 unspecified atom stereocenters. The maximum atomic E-state index is 16.1. The van der Waals surface area contributed by atoms with E-state index in [0.29, 0.717) is 0 Å². The lowest BCUT2D eigenvalue weighted by molar-refractivity contribution is 0.515. The van der Waals surface area contributed by atoms with Crippen molar-refractivity contribution >= 4 is 51.7 Å². The standard InChI is InChI=1S/C19H18O3S2.3C18H15FS/c1-23(20,21)22-24(17-11-5-2-6-12-17,18-13-7-3-8-14-18)19-15-9-4-10-16-19;3*19-20(16-10-4-1-5-11-16,17-12-6-2-7-13-17)18-14-8-3-9-15-18/h2-16H,1H3;3*1-15H. The van der Waals surface area contributed by atoms with Crippen LogP contribution in [0.2, 0.25) is 0 Å². The molecular formula is C73H63F3O3S5. The summed E-state index contributed by atoms with van der Waals surface area (Å²) in [6.45, 7) is 0. The van der Waals surface area contributed by atoms with Crippen LogP contribution in [0, 0.1) is 0 Å². The molecule has 0 aliphatic rings. The van der Waals surface area contributed by atoms with Crippen LogP contribution in [0.25, 0.3) is 0 Å². The van der Waals surface area contributed by atoms with Crippen molar-refractivity contribution < 1.29 is 23.7 Å². The molecule has 424 valence electrons. The Balaban J connectivity index is 0.000000135. The highest BCUT2D eigenvalue weighted by Crippen LogP contribution is 2.72. The third kappa shape index (κ3) is 14.2. The molecule has 11 heteroatoms. The third-order valence-corrected chi connectivity index (χ3v) is 26.0. The van der Waals surface area contributed by atoms with Crippen LogP contribution in [-0.2, 0) is 13.7 Å². The first-order chi connectivity index (χ1) is 41.0. The lowest BCUT2D eigenvalue weighted by atomic mass is 10.4. The Morgan fingerprint density at radius 1 is 0.202 bits per heavy atom. The van der Waals surface area contributed by atoms with Crippen LogP contribution < -0.4 is 0 Å². The predicted octanol–water partition coefficient (Wildman–Crippen LogP) is 22.4. The van der Waals surface area contributed by atoms with Crippen LogP contribution in [0.5, 0.6) is 0 Å². The molecule has 0 heterocycles. The molecule has 0 saturated heterocycles. The smallest absolute Gasteiger partial charge is 0.207 e. The van der Waals surface area contributed by atoms with Crippen LogP contribution in [0.15, 0.2) is 423 Å². The van der Waals surface area contributed by atoms with Crippen LogP contribution in [0.4, 0.5) is 11.7 Å². The molecule has 0 N–H and O–H groups in total. The van der Waals surface area contributed by atoms with Crippen LogP contribution >= 0.6 is 41.6 Å². The van der Waals surface area contributed by atoms with Gasteiger partial charge >= 0.3 is 0 Å². The van der Waals surface area contributed by atoms with Crippen molar-refractivity contribution in [2.24, 2.45) is 0 Å². The van der Waals surface area contributed by atoms with Crippen molar-refractivity contribution in [2.45, 2.75) is 58.7 Å². The molecule has 3 nitrogen and oxygen atoms in total. The summed E-state index contributed by atoms with van der Waals surface area (Å²) in [7, 11) is -14.1. The van der Waals surface area contributed by atoms with Gasteiger partial charge in [0.15, 0.2) is 0 Å². The minimum Gasteiger partial charge on any atom is -0.207 e.